The van der Waals surface area contributed by atoms with Gasteiger partial charge in [-0.2, -0.15) is 9.97 Å². The number of anilines is 3. The lowest BCUT2D eigenvalue weighted by molar-refractivity contribution is -0.240. The van der Waals surface area contributed by atoms with Crippen LogP contribution >= 0.6 is 33.7 Å². The van der Waals surface area contributed by atoms with Gasteiger partial charge in [0.1, 0.15) is 123 Å². The van der Waals surface area contributed by atoms with Crippen LogP contribution in [0.4, 0.5) is 17.6 Å². The van der Waals surface area contributed by atoms with E-state index in [1.807, 2.05) is 6.92 Å². The smallest absolute Gasteiger partial charge is 0.351 e. The van der Waals surface area contributed by atoms with E-state index in [2.05, 4.69) is 44.9 Å². The monoisotopic (exact) mass is 1840 g/mol. The molecule has 0 aromatic carbocycles. The first-order valence-corrected chi connectivity index (χ1v) is 49.1. The first-order chi connectivity index (χ1) is 55.6. The second-order valence-electron chi connectivity index (χ2n) is 29.1. The summed E-state index contributed by atoms with van der Waals surface area (Å²) in [4.78, 5) is 169. The number of hydrogen-bond acceptors (Lipinski definition) is 44. The Kier molecular flexibility index (Phi) is 24.6. The molecule has 0 saturated carbocycles. The van der Waals surface area contributed by atoms with E-state index >= 15 is 9.46 Å². The number of aliphatic hydroxyl groups is 1. The molecule has 10 N–H and O–H groups in total. The van der Waals surface area contributed by atoms with Gasteiger partial charge in [0.05, 0.1) is 82.8 Å². The molecule has 7 aromatic heterocycles. The summed E-state index contributed by atoms with van der Waals surface area (Å²) >= 11 is 27.7. The van der Waals surface area contributed by atoms with Crippen molar-refractivity contribution >= 4 is 133 Å². The zero-order valence-corrected chi connectivity index (χ0v) is 71.4. The van der Waals surface area contributed by atoms with E-state index in [-0.39, 0.29) is 76.1 Å². The summed E-state index contributed by atoms with van der Waals surface area (Å²) in [5.74, 6) is -0.398. The van der Waals surface area contributed by atoms with Crippen molar-refractivity contribution in [2.45, 2.75) is 208 Å². The van der Waals surface area contributed by atoms with Crippen molar-refractivity contribution in [1.82, 2.24) is 67.7 Å². The van der Waals surface area contributed by atoms with Gasteiger partial charge in [-0.1, -0.05) is 67.0 Å². The fourth-order valence-electron chi connectivity index (χ4n) is 15.6. The average molecular weight is 1840 g/mol. The van der Waals surface area contributed by atoms with E-state index in [1.165, 1.54) is 82.1 Å². The van der Waals surface area contributed by atoms with Crippen LogP contribution in [-0.2, 0) is 147 Å². The standard InChI is InChI=1S/C61H82N17O30P5S5/c1-8-9-10-11-91-109(86,114)104-31-12-35(77-23-67-37-46(63)65-22-66-47(37)77)99-33(31)17-92-110(87,115)105-32-13-36(78-24-68-38-48(78)70-55(64)71-51(38)82)100-34(32)18-93-111(88,116)107-43-40-54(76-16-27(4)50(81)73-58(76)85)103-60(43,29(6)97-40)20-95-113(90,118)108-44-41-53(74-14-25(2)45(62)69-56(74)83)102-61(44,30(7)98-41)21-94-112(89,117)106-42-39-52(101-59(42,19-79)28(5)96-39)75-15-26(3)49(80)72-57(75)84/h14-16,22-24,28-36,39-44,52-54,79H,8-13,17-21H2,1-7H3,(H,86,114)(H,87,115)(H,88,116)(H,89,117)(H,90,118)(H2,62,69,83)(H2,63,65,66)(H,72,80,84)(H,73,81,85)(H3,64,70,71,82)/p-5/t28-,29-,30-,31?,32?,33+,34+,35+,36+,39-,40-,41-,42?,43?,44?,52+,53+,54+,59-,60-,61-,109?,110?,111?,112?,113?/m0/s1. The van der Waals surface area contributed by atoms with Crippen LogP contribution < -0.4 is 70.5 Å². The van der Waals surface area contributed by atoms with Gasteiger partial charge in [-0.25, -0.2) is 34.3 Å². The lowest BCUT2D eigenvalue weighted by Crippen LogP contribution is -2.52. The fourth-order valence-corrected chi connectivity index (χ4v) is 22.8. The summed E-state index contributed by atoms with van der Waals surface area (Å²) in [6, 6.07) is 0. The highest BCUT2D eigenvalue weighted by Crippen LogP contribution is 2.63. The second-order valence-corrected chi connectivity index (χ2v) is 42.6. The summed E-state index contributed by atoms with van der Waals surface area (Å²) in [5, 5.41) is 10.9. The normalized spacial score (nSPS) is 34.2. The number of imidazole rings is 2. The van der Waals surface area contributed by atoms with Gasteiger partial charge in [0.15, 0.2) is 48.1 Å². The molecular formula is C61H77N17O30P5S5-5. The number of unbranched alkanes of at least 4 members (excludes halogenated alkanes) is 2. The predicted molar refractivity (Wildman–Crippen MR) is 414 cm³/mol. The molecule has 8 saturated heterocycles. The number of aryl methyl sites for hydroxylation is 3. The van der Waals surface area contributed by atoms with Crippen LogP contribution in [0, 0.1) is 20.8 Å². The molecule has 10 unspecified atom stereocenters. The zero-order valence-electron chi connectivity index (χ0n) is 62.8. The van der Waals surface area contributed by atoms with Gasteiger partial charge in [-0.15, -0.1) is 0 Å². The lowest BCUT2D eigenvalue weighted by atomic mass is 9.94. The summed E-state index contributed by atoms with van der Waals surface area (Å²) in [6.07, 6.45) is -16.2. The van der Waals surface area contributed by atoms with Gasteiger partial charge in [-0.3, -0.25) is 56.7 Å². The summed E-state index contributed by atoms with van der Waals surface area (Å²) in [7, 11) is 0. The summed E-state index contributed by atoms with van der Waals surface area (Å²) in [5.41, 5.74) is 7.31. The second kappa shape index (κ2) is 33.0. The average Bonchev–Trinajstić information content (AvgIpc) is 1.55. The van der Waals surface area contributed by atoms with Crippen molar-refractivity contribution in [2.24, 2.45) is 0 Å². The van der Waals surface area contributed by atoms with Crippen molar-refractivity contribution in [3.63, 3.8) is 0 Å². The Labute approximate surface area is 690 Å². The number of nitrogens with zero attached hydrogens (tertiary/aromatic N) is 11. The number of nitrogens with one attached hydrogen (secondary N) is 3. The first kappa shape index (κ1) is 87.7. The molecule has 8 aliphatic heterocycles. The molecule has 646 valence electrons. The maximum absolute atomic E-state index is 15.4. The van der Waals surface area contributed by atoms with E-state index < -0.39 is 228 Å². The highest BCUT2D eigenvalue weighted by molar-refractivity contribution is 8.32. The Morgan fingerprint density at radius 1 is 0.551 bits per heavy atom. The molecular weight excluding hydrogens is 1770 g/mol. The fraction of sp³-hybridized carbons (Fsp3) is 0.639. The molecule has 0 radical (unpaired) electrons. The molecule has 26 atom stereocenters. The van der Waals surface area contributed by atoms with Crippen molar-refractivity contribution in [1.29, 1.82) is 0 Å². The first-order valence-electron chi connectivity index (χ1n) is 36.3. The minimum Gasteiger partial charge on any atom is -0.780 e. The van der Waals surface area contributed by atoms with Crippen LogP contribution in [0.2, 0.25) is 0 Å². The Morgan fingerprint density at radius 3 is 1.57 bits per heavy atom. The summed E-state index contributed by atoms with van der Waals surface area (Å²) < 4.78 is 132. The van der Waals surface area contributed by atoms with E-state index in [0.29, 0.717) is 6.42 Å². The van der Waals surface area contributed by atoms with Crippen LogP contribution in [-0.4, -0.2) is 209 Å². The maximum Gasteiger partial charge on any atom is 0.351 e. The molecule has 8 fully saturated rings. The minimum atomic E-state index is -5.20. The summed E-state index contributed by atoms with van der Waals surface area (Å²) in [6.45, 7) is -18.0. The van der Waals surface area contributed by atoms with E-state index in [4.69, 9.17) is 160 Å². The molecule has 15 rings (SSSR count). The third-order valence-electron chi connectivity index (χ3n) is 21.7. The molecule has 8 aliphatic rings. The van der Waals surface area contributed by atoms with Crippen molar-refractivity contribution in [3.8, 4) is 0 Å². The highest BCUT2D eigenvalue weighted by atomic mass is 32.7. The Balaban J connectivity index is 0.688. The van der Waals surface area contributed by atoms with Gasteiger partial charge >= 0.3 is 17.1 Å². The molecule has 118 heavy (non-hydrogen) atoms. The number of H-pyrrole nitrogens is 3. The molecule has 57 heteroatoms. The number of aromatic amines is 3. The maximum atomic E-state index is 15.4. The molecule has 0 spiro atoms. The predicted octanol–water partition coefficient (Wildman–Crippen LogP) is -2.09. The zero-order chi connectivity index (χ0) is 84.6. The SMILES string of the molecule is CCCCCOP([O-])(=S)OC1C[C@H](n2cnc3c(N)ncnc32)O[C@@H]1COP([O-])(=S)OC1C[C@H](n2cnc3c(=O)[nH]c(N)nc32)O[C@@H]1COP([O-])(=S)OC1[C@@H]2O[C@@H](C)[C@]1(COP(=O)([S-])OC1[C@@H]3O[C@@H](C)[C@]1(COP([O-])(=S)OC1[C@@H]4O[C@@H](C)[C@]1(CO)O[C@H]4n1cc(C)c(=O)[nH]c1=O)O[C@H]3n1cc(C)c(N)nc1=O)O[C@H]2n1cc(C)c(=O)[nH]c1=O. The molecule has 15 heterocycles. The third-order valence-corrected chi connectivity index (χ3v) is 29.4. The molecule has 6 bridgehead atoms. The van der Waals surface area contributed by atoms with Crippen molar-refractivity contribution in [3.05, 3.63) is 117 Å². The van der Waals surface area contributed by atoms with Gasteiger partial charge in [0.2, 0.25) is 5.95 Å². The van der Waals surface area contributed by atoms with Crippen LogP contribution in [0.3, 0.4) is 0 Å². The number of nitrogen functional groups attached to an aromatic ring is 3. The van der Waals surface area contributed by atoms with E-state index in [9.17, 15) is 48.6 Å². The van der Waals surface area contributed by atoms with Gasteiger partial charge in [0, 0.05) is 48.1 Å². The minimum absolute atomic E-state index is 0.00490. The number of ether oxygens (including phenoxy) is 8. The van der Waals surface area contributed by atoms with E-state index in [1.54, 1.807) is 0 Å². The van der Waals surface area contributed by atoms with Crippen LogP contribution in [0.1, 0.15) is 108 Å². The number of nitrogens with two attached hydrogens (primary N) is 3. The van der Waals surface area contributed by atoms with Gasteiger partial charge in [0.25, 0.3) is 16.7 Å². The highest BCUT2D eigenvalue weighted by Gasteiger charge is 2.71. The Morgan fingerprint density at radius 2 is 1.02 bits per heavy atom. The molecule has 7 aromatic rings. The number of aliphatic hydroxyl groups excluding tert-OH is 1. The van der Waals surface area contributed by atoms with Crippen molar-refractivity contribution in [2.75, 3.05) is 56.8 Å². The van der Waals surface area contributed by atoms with Crippen LogP contribution in [0.5, 0.6) is 0 Å². The Bertz CT molecular complexity index is 5710. The Hall–Kier alpha value is -5.20. The quantitative estimate of drug-likeness (QED) is 0.0132. The number of hydrogen-bond donors (Lipinski definition) is 7. The van der Waals surface area contributed by atoms with Crippen LogP contribution in [0.15, 0.2) is 66.3 Å². The van der Waals surface area contributed by atoms with Gasteiger partial charge in [-0.05, 0) is 48.0 Å². The van der Waals surface area contributed by atoms with Crippen molar-refractivity contribution < 1.29 is 112 Å². The van der Waals surface area contributed by atoms with E-state index in [0.717, 1.165) is 32.7 Å². The van der Waals surface area contributed by atoms with Crippen LogP contribution in [0.25, 0.3) is 22.3 Å². The molecule has 47 nitrogen and oxygen atoms in total. The number of aromatic nitrogens is 14. The topological polar surface area (TPSA) is 626 Å². The number of fused-ring (bicyclic) bond motifs is 8. The molecule has 0 aliphatic carbocycles. The lowest BCUT2D eigenvalue weighted by Gasteiger charge is -2.42. The largest absolute Gasteiger partial charge is 0.780 e. The molecule has 0 amide bonds. The third kappa shape index (κ3) is 16.7. The number of rotatable bonds is 33. The van der Waals surface area contributed by atoms with Gasteiger partial charge < -0.3 is 137 Å².